The van der Waals surface area contributed by atoms with Crippen LogP contribution in [0, 0.1) is 12.8 Å². The van der Waals surface area contributed by atoms with Crippen LogP contribution >= 0.6 is 0 Å². The molecule has 0 saturated carbocycles. The number of aryl methyl sites for hydroxylation is 1. The number of aromatic nitrogens is 1. The molecule has 1 aliphatic rings. The van der Waals surface area contributed by atoms with E-state index in [-0.39, 0.29) is 42.4 Å². The summed E-state index contributed by atoms with van der Waals surface area (Å²) in [6.07, 6.45) is 1.37. The van der Waals surface area contributed by atoms with Crippen molar-refractivity contribution in [1.29, 1.82) is 0 Å². The number of carbonyl (C=O) groups excluding carboxylic acids is 2. The molecule has 2 heterocycles. The number of likely N-dealkylation sites (N-methyl/N-ethyl adjacent to an activating group) is 1. The highest BCUT2D eigenvalue weighted by Gasteiger charge is 2.34. The van der Waals surface area contributed by atoms with Crippen molar-refractivity contribution in [3.63, 3.8) is 0 Å². The van der Waals surface area contributed by atoms with Crippen LogP contribution in [0.2, 0.25) is 0 Å². The fourth-order valence-corrected chi connectivity index (χ4v) is 3.76. The number of pyridine rings is 1. The summed E-state index contributed by atoms with van der Waals surface area (Å²) in [5.41, 5.74) is 3.27. The van der Waals surface area contributed by atoms with Crippen LogP contribution in [0.5, 0.6) is 5.88 Å². The van der Waals surface area contributed by atoms with Crippen molar-refractivity contribution in [3.05, 3.63) is 47.7 Å². The van der Waals surface area contributed by atoms with E-state index in [1.807, 2.05) is 51.1 Å². The zero-order valence-electron chi connectivity index (χ0n) is 18.8. The summed E-state index contributed by atoms with van der Waals surface area (Å²) in [6.45, 7) is 7.98. The number of carbonyl (C=O) groups is 2. The summed E-state index contributed by atoms with van der Waals surface area (Å²) >= 11 is 0. The van der Waals surface area contributed by atoms with Gasteiger partial charge in [0.1, 0.15) is 11.7 Å². The van der Waals surface area contributed by atoms with Crippen LogP contribution in [0.3, 0.4) is 0 Å². The minimum absolute atomic E-state index is 0.0578. The molecule has 166 valence electrons. The van der Waals surface area contributed by atoms with Gasteiger partial charge in [-0.15, -0.1) is 0 Å². The van der Waals surface area contributed by atoms with Crippen LogP contribution in [-0.4, -0.2) is 70.6 Å². The van der Waals surface area contributed by atoms with Crippen LogP contribution in [-0.2, 0) is 4.79 Å². The average molecular weight is 426 g/mol. The van der Waals surface area contributed by atoms with Gasteiger partial charge < -0.3 is 19.6 Å². The summed E-state index contributed by atoms with van der Waals surface area (Å²) < 4.78 is 6.21. The van der Waals surface area contributed by atoms with Gasteiger partial charge in [-0.3, -0.25) is 9.59 Å². The maximum absolute atomic E-state index is 13.5. The Kier molecular flexibility index (Phi) is 6.95. The molecule has 1 aliphatic heterocycles. The van der Waals surface area contributed by atoms with E-state index in [1.165, 1.54) is 6.92 Å². The van der Waals surface area contributed by atoms with Gasteiger partial charge in [-0.05, 0) is 31.0 Å². The van der Waals surface area contributed by atoms with Gasteiger partial charge in [0.25, 0.3) is 5.91 Å². The number of aliphatic hydroxyl groups is 1. The molecule has 0 bridgehead atoms. The highest BCUT2D eigenvalue weighted by Crippen LogP contribution is 2.31. The molecule has 1 aromatic carbocycles. The highest BCUT2D eigenvalue weighted by atomic mass is 16.5. The second kappa shape index (κ2) is 9.47. The van der Waals surface area contributed by atoms with Gasteiger partial charge in [0.15, 0.2) is 0 Å². The molecular formula is C24H31N3O4. The predicted octanol–water partition coefficient (Wildman–Crippen LogP) is 2.76. The molecule has 3 rings (SSSR count). The van der Waals surface area contributed by atoms with Crippen LogP contribution in [0.1, 0.15) is 36.7 Å². The van der Waals surface area contributed by atoms with Crippen molar-refractivity contribution in [2.24, 2.45) is 5.92 Å². The molecule has 2 amide bonds. The van der Waals surface area contributed by atoms with Crippen molar-refractivity contribution in [2.45, 2.75) is 39.8 Å². The first-order valence-corrected chi connectivity index (χ1v) is 10.6. The van der Waals surface area contributed by atoms with E-state index < -0.39 is 0 Å². The molecule has 0 aliphatic carbocycles. The van der Waals surface area contributed by atoms with E-state index in [0.29, 0.717) is 18.7 Å². The molecule has 7 heteroatoms. The van der Waals surface area contributed by atoms with Gasteiger partial charge in [-0.25, -0.2) is 4.98 Å². The van der Waals surface area contributed by atoms with Crippen molar-refractivity contribution >= 4 is 11.8 Å². The van der Waals surface area contributed by atoms with Crippen LogP contribution in [0.15, 0.2) is 36.5 Å². The van der Waals surface area contributed by atoms with Crippen molar-refractivity contribution < 1.29 is 19.4 Å². The van der Waals surface area contributed by atoms with E-state index in [1.54, 1.807) is 23.0 Å². The van der Waals surface area contributed by atoms with E-state index in [9.17, 15) is 14.7 Å². The van der Waals surface area contributed by atoms with Crippen molar-refractivity contribution in [2.75, 3.05) is 26.7 Å². The van der Waals surface area contributed by atoms with Crippen LogP contribution < -0.4 is 4.74 Å². The summed E-state index contributed by atoms with van der Waals surface area (Å²) in [5, 5.41) is 9.76. The maximum Gasteiger partial charge on any atom is 0.259 e. The van der Waals surface area contributed by atoms with Gasteiger partial charge in [-0.2, -0.15) is 0 Å². The first kappa shape index (κ1) is 22.7. The van der Waals surface area contributed by atoms with Gasteiger partial charge in [-0.1, -0.05) is 31.2 Å². The number of hydrogen-bond acceptors (Lipinski definition) is 5. The third-order valence-corrected chi connectivity index (χ3v) is 5.97. The normalized spacial score (nSPS) is 19.7. The topological polar surface area (TPSA) is 83.0 Å². The SMILES string of the molecule is CC(=O)N(C)C[C@H]1Oc2ncc(-c3ccccc3C)cc2C(=O)N([C@H](C)CO)C[C@@H]1C. The van der Waals surface area contributed by atoms with E-state index in [2.05, 4.69) is 4.98 Å². The number of hydrogen-bond donors (Lipinski definition) is 1. The molecule has 1 aromatic heterocycles. The molecule has 0 saturated heterocycles. The molecule has 0 radical (unpaired) electrons. The molecule has 0 unspecified atom stereocenters. The monoisotopic (exact) mass is 425 g/mol. The lowest BCUT2D eigenvalue weighted by Gasteiger charge is -2.37. The number of aliphatic hydroxyl groups excluding tert-OH is 1. The maximum atomic E-state index is 13.5. The fraction of sp³-hybridized carbons (Fsp3) is 0.458. The lowest BCUT2D eigenvalue weighted by Crippen LogP contribution is -2.50. The number of ether oxygens (including phenoxy) is 1. The number of rotatable bonds is 5. The van der Waals surface area contributed by atoms with Crippen LogP contribution in [0.4, 0.5) is 0 Å². The van der Waals surface area contributed by atoms with Crippen molar-refractivity contribution in [3.8, 4) is 17.0 Å². The van der Waals surface area contributed by atoms with E-state index in [4.69, 9.17) is 4.74 Å². The standard InChI is InChI=1S/C24H31N3O4/c1-15-8-6-7-9-20(15)19-10-21-23(25-11-19)31-22(13-26(5)18(4)29)16(2)12-27(24(21)30)17(3)14-28/h6-11,16-17,22,28H,12-14H2,1-5H3/t16-,17+,22+/m0/s1. The average Bonchev–Trinajstić information content (AvgIpc) is 2.75. The second-order valence-corrected chi connectivity index (χ2v) is 8.41. The summed E-state index contributed by atoms with van der Waals surface area (Å²) in [7, 11) is 1.73. The number of fused-ring (bicyclic) bond motifs is 1. The Labute approximate surface area is 183 Å². The Hall–Kier alpha value is -2.93. The molecule has 0 fully saturated rings. The molecule has 1 N–H and O–H groups in total. The number of benzene rings is 1. The Morgan fingerprint density at radius 2 is 2.06 bits per heavy atom. The number of nitrogens with zero attached hydrogens (tertiary/aromatic N) is 3. The quantitative estimate of drug-likeness (QED) is 0.797. The summed E-state index contributed by atoms with van der Waals surface area (Å²) in [5.74, 6) is -0.0842. The lowest BCUT2D eigenvalue weighted by molar-refractivity contribution is -0.129. The Balaban J connectivity index is 2.07. The van der Waals surface area contributed by atoms with Gasteiger partial charge >= 0.3 is 0 Å². The Morgan fingerprint density at radius 1 is 1.35 bits per heavy atom. The smallest absolute Gasteiger partial charge is 0.259 e. The molecule has 3 atom stereocenters. The first-order valence-electron chi connectivity index (χ1n) is 10.6. The van der Waals surface area contributed by atoms with E-state index in [0.717, 1.165) is 16.7 Å². The molecule has 0 spiro atoms. The van der Waals surface area contributed by atoms with Gasteiger partial charge in [0.05, 0.1) is 19.2 Å². The van der Waals surface area contributed by atoms with Gasteiger partial charge in [0.2, 0.25) is 11.8 Å². The third kappa shape index (κ3) is 4.88. The zero-order chi connectivity index (χ0) is 22.7. The molecular weight excluding hydrogens is 394 g/mol. The first-order chi connectivity index (χ1) is 14.7. The highest BCUT2D eigenvalue weighted by molar-refractivity contribution is 5.98. The largest absolute Gasteiger partial charge is 0.472 e. The van der Waals surface area contributed by atoms with Crippen LogP contribution in [0.25, 0.3) is 11.1 Å². The molecule has 7 nitrogen and oxygen atoms in total. The fourth-order valence-electron chi connectivity index (χ4n) is 3.76. The molecule has 2 aromatic rings. The zero-order valence-corrected chi connectivity index (χ0v) is 18.8. The minimum Gasteiger partial charge on any atom is -0.472 e. The number of amides is 2. The lowest BCUT2D eigenvalue weighted by atomic mass is 9.98. The summed E-state index contributed by atoms with van der Waals surface area (Å²) in [6, 6.07) is 9.39. The predicted molar refractivity (Wildman–Crippen MR) is 119 cm³/mol. The third-order valence-electron chi connectivity index (χ3n) is 5.97. The van der Waals surface area contributed by atoms with E-state index >= 15 is 0 Å². The Bertz CT molecular complexity index is 962. The second-order valence-electron chi connectivity index (χ2n) is 8.41. The van der Waals surface area contributed by atoms with Gasteiger partial charge in [0, 0.05) is 38.2 Å². The Morgan fingerprint density at radius 3 is 2.71 bits per heavy atom. The van der Waals surface area contributed by atoms with Crippen molar-refractivity contribution in [1.82, 2.24) is 14.8 Å². The minimum atomic E-state index is -0.353. The summed E-state index contributed by atoms with van der Waals surface area (Å²) in [4.78, 5) is 33.0. The molecule has 31 heavy (non-hydrogen) atoms.